The van der Waals surface area contributed by atoms with Crippen molar-refractivity contribution in [2.45, 2.75) is 165 Å². The molecule has 0 aromatic rings. The Labute approximate surface area is 412 Å². The zero-order valence-corrected chi connectivity index (χ0v) is 43.6. The van der Waals surface area contributed by atoms with Crippen molar-refractivity contribution in [1.82, 2.24) is 4.90 Å². The van der Waals surface area contributed by atoms with Crippen molar-refractivity contribution < 1.29 is 63.0 Å². The fourth-order valence-electron chi connectivity index (χ4n) is 10.4. The molecule has 0 aromatic carbocycles. The quantitative estimate of drug-likeness (QED) is 0.0753. The molecule has 0 spiro atoms. The minimum Gasteiger partial charge on any atom is -0.460 e. The first-order valence-electron chi connectivity index (χ1n) is 24.5. The summed E-state index contributed by atoms with van der Waals surface area (Å²) in [5.41, 5.74) is 1.61. The third kappa shape index (κ3) is 15.4. The van der Waals surface area contributed by atoms with Gasteiger partial charge in [0.1, 0.15) is 18.2 Å². The average Bonchev–Trinajstić information content (AvgIpc) is 3.30. The van der Waals surface area contributed by atoms with Crippen LogP contribution in [0.4, 0.5) is 0 Å². The minimum atomic E-state index is -2.41. The van der Waals surface area contributed by atoms with Gasteiger partial charge in [-0.1, -0.05) is 97.9 Å². The second-order valence-corrected chi connectivity index (χ2v) is 21.3. The smallest absolute Gasteiger partial charge is 0.329 e. The number of Topliss-reactive ketones (excluding diaryl/α,β-unsaturated/α-hetero) is 3. The first-order chi connectivity index (χ1) is 31.8. The number of esters is 1. The lowest BCUT2D eigenvalue weighted by atomic mass is 9.78. The van der Waals surface area contributed by atoms with Crippen LogP contribution in [-0.4, -0.2) is 137 Å². The summed E-state index contributed by atoms with van der Waals surface area (Å²) in [7, 11) is 4.63. The number of hydrogen-bond acceptors (Lipinski definition) is 13. The lowest BCUT2D eigenvalue weighted by Gasteiger charge is -2.43. The Bertz CT molecular complexity index is 1800. The summed E-state index contributed by atoms with van der Waals surface area (Å²) >= 11 is 2.02. The summed E-state index contributed by atoms with van der Waals surface area (Å²) in [6.45, 7) is 11.3. The van der Waals surface area contributed by atoms with Gasteiger partial charge >= 0.3 is 5.97 Å². The highest BCUT2D eigenvalue weighted by Crippen LogP contribution is 2.38. The van der Waals surface area contributed by atoms with Crippen LogP contribution in [0.1, 0.15) is 119 Å². The van der Waals surface area contributed by atoms with E-state index < -0.39 is 75.6 Å². The molecular weight excluding hydrogens is 973 g/mol. The summed E-state index contributed by atoms with van der Waals surface area (Å²) in [6, 6.07) is -1.13. The number of aliphatic hydroxyl groups is 3. The maximum absolute atomic E-state index is 14.4. The van der Waals surface area contributed by atoms with E-state index in [0.717, 1.165) is 12.0 Å². The number of aliphatic hydroxyl groups excluding tert-OH is 2. The predicted molar refractivity (Wildman–Crippen MR) is 263 cm³/mol. The first kappa shape index (κ1) is 56.9. The topological polar surface area (TPSA) is 195 Å². The van der Waals surface area contributed by atoms with E-state index in [1.54, 1.807) is 34.1 Å². The Balaban J connectivity index is 1.73. The summed E-state index contributed by atoms with van der Waals surface area (Å²) in [6.07, 6.45) is 13.8. The largest absolute Gasteiger partial charge is 0.460 e. The number of carbonyl (C=O) groups excluding carboxylic acids is 5. The third-order valence-corrected chi connectivity index (χ3v) is 15.9. The molecule has 3 heterocycles. The number of ketones is 3. The van der Waals surface area contributed by atoms with Crippen molar-refractivity contribution in [3.8, 4) is 0 Å². The zero-order valence-electron chi connectivity index (χ0n) is 41.4. The van der Waals surface area contributed by atoms with Crippen LogP contribution in [0.3, 0.4) is 0 Å². The molecule has 4 rings (SSSR count). The van der Waals surface area contributed by atoms with Crippen molar-refractivity contribution in [2.24, 2.45) is 41.4 Å². The molecule has 0 aromatic heterocycles. The van der Waals surface area contributed by atoms with Crippen molar-refractivity contribution in [3.63, 3.8) is 0 Å². The second kappa shape index (κ2) is 27.1. The molecule has 0 radical (unpaired) electrons. The summed E-state index contributed by atoms with van der Waals surface area (Å²) in [4.78, 5) is 72.4. The molecule has 4 aliphatic rings. The lowest BCUT2D eigenvalue weighted by Crippen LogP contribution is -2.60. The van der Waals surface area contributed by atoms with Crippen LogP contribution >= 0.6 is 22.6 Å². The number of fused-ring (bicyclic) bond motifs is 3. The van der Waals surface area contributed by atoms with E-state index in [1.807, 2.05) is 80.7 Å². The fourth-order valence-corrected chi connectivity index (χ4v) is 11.3. The van der Waals surface area contributed by atoms with Crippen LogP contribution in [-0.2, 0) is 47.7 Å². The van der Waals surface area contributed by atoms with Gasteiger partial charge < -0.3 is 43.9 Å². The minimum absolute atomic E-state index is 0.0412. The Morgan fingerprint density at radius 1 is 0.910 bits per heavy atom. The number of methoxy groups -OCH3 is 3. The SMILES string of the molecule is COCC1CC2CCC(C)C(O)(O2)C(=O)C(=O)N2CCCCC2C(=O)OC(C(C)CC2CCC(O)C(OC)C2)CC(=O)C(I)/C=C(\C)C(CO)C(OC)C(=O)C(C)CC(C)/C=C/C=C/C=C/1C. The van der Waals surface area contributed by atoms with Gasteiger partial charge in [0.05, 0.1) is 35.5 Å². The average molecular weight is 1050 g/mol. The maximum Gasteiger partial charge on any atom is 0.329 e. The molecule has 2 bridgehead atoms. The predicted octanol–water partition coefficient (Wildman–Crippen LogP) is 6.84. The highest BCUT2D eigenvalue weighted by atomic mass is 127. The molecule has 1 saturated carbocycles. The van der Waals surface area contributed by atoms with Crippen LogP contribution in [0.5, 0.6) is 0 Å². The highest BCUT2D eigenvalue weighted by molar-refractivity contribution is 14.1. The molecule has 3 N–H and O–H groups in total. The van der Waals surface area contributed by atoms with Crippen molar-refractivity contribution in [1.29, 1.82) is 0 Å². The van der Waals surface area contributed by atoms with Gasteiger partial charge in [-0.25, -0.2) is 4.79 Å². The fraction of sp³-hybridized carbons (Fsp3) is 0.750. The molecule has 378 valence electrons. The number of nitrogens with zero attached hydrogens (tertiary/aromatic N) is 1. The van der Waals surface area contributed by atoms with E-state index in [0.29, 0.717) is 70.0 Å². The van der Waals surface area contributed by atoms with Crippen LogP contribution < -0.4 is 0 Å². The number of allylic oxidation sites excluding steroid dienone is 6. The van der Waals surface area contributed by atoms with Gasteiger partial charge in [0, 0.05) is 58.0 Å². The molecule has 1 aliphatic carbocycles. The van der Waals surface area contributed by atoms with E-state index in [4.69, 9.17) is 23.7 Å². The Morgan fingerprint density at radius 3 is 2.31 bits per heavy atom. The van der Waals surface area contributed by atoms with Gasteiger partial charge in [-0.15, -0.1) is 0 Å². The number of carbonyl (C=O) groups is 5. The molecule has 15 unspecified atom stereocenters. The molecule has 67 heavy (non-hydrogen) atoms. The lowest BCUT2D eigenvalue weighted by molar-refractivity contribution is -0.265. The van der Waals surface area contributed by atoms with E-state index in [-0.39, 0.29) is 67.3 Å². The van der Waals surface area contributed by atoms with E-state index in [9.17, 15) is 39.3 Å². The summed E-state index contributed by atoms with van der Waals surface area (Å²) in [5, 5.41) is 33.2. The standard InChI is InChI=1S/C52H80INO13/c1-31-15-11-10-12-16-32(2)38(30-63-7)27-39-20-18-36(6)52(62,67-39)49(59)50(60)54-22-14-13-17-42(54)51(61)66-45(34(4)24-37-19-21-43(56)46(26-37)64-8)28-44(57)41(53)25-33(3)40(29-55)48(65-9)47(58)35(5)23-31/h10-12,15-16,25,31,34-43,45-46,48,55-56,62H,13-14,17-24,26-30H2,1-9H3/b12-10+,15-11+,32-16+,33-25+. The Hall–Kier alpha value is -2.64. The number of amides is 1. The number of cyclic esters (lactones) is 1. The number of hydrogen-bond donors (Lipinski definition) is 3. The Morgan fingerprint density at radius 2 is 1.64 bits per heavy atom. The number of rotatable bonds is 8. The molecule has 2 saturated heterocycles. The van der Waals surface area contributed by atoms with Crippen molar-refractivity contribution in [3.05, 3.63) is 47.6 Å². The van der Waals surface area contributed by atoms with E-state index in [1.165, 1.54) is 12.0 Å². The monoisotopic (exact) mass is 1050 g/mol. The molecule has 3 fully saturated rings. The van der Waals surface area contributed by atoms with Crippen LogP contribution in [0, 0.1) is 41.4 Å². The molecule has 14 nitrogen and oxygen atoms in total. The number of piperidine rings is 1. The van der Waals surface area contributed by atoms with Crippen molar-refractivity contribution in [2.75, 3.05) is 41.1 Å². The number of halogens is 1. The van der Waals surface area contributed by atoms with Crippen LogP contribution in [0.15, 0.2) is 47.6 Å². The number of alkyl halides is 1. The molecule has 15 heteroatoms. The second-order valence-electron chi connectivity index (χ2n) is 20.0. The molecule has 1 amide bonds. The van der Waals surface area contributed by atoms with Gasteiger partial charge in [0.15, 0.2) is 11.6 Å². The van der Waals surface area contributed by atoms with Gasteiger partial charge in [-0.3, -0.25) is 19.2 Å². The molecule has 3 aliphatic heterocycles. The first-order valence-corrected chi connectivity index (χ1v) is 25.7. The maximum atomic E-state index is 14.4. The normalized spacial score (nSPS) is 39.6. The van der Waals surface area contributed by atoms with Crippen molar-refractivity contribution >= 4 is 51.8 Å². The Kier molecular flexibility index (Phi) is 23.0. The van der Waals surface area contributed by atoms with Gasteiger partial charge in [-0.05, 0) is 102 Å². The van der Waals surface area contributed by atoms with E-state index >= 15 is 0 Å². The summed E-state index contributed by atoms with van der Waals surface area (Å²) < 4.78 is 28.7. The summed E-state index contributed by atoms with van der Waals surface area (Å²) in [5.74, 6) is -7.77. The third-order valence-electron chi connectivity index (χ3n) is 14.9. The van der Waals surface area contributed by atoms with Crippen LogP contribution in [0.25, 0.3) is 0 Å². The molecule has 15 atom stereocenters. The van der Waals surface area contributed by atoms with Gasteiger partial charge in [-0.2, -0.15) is 0 Å². The van der Waals surface area contributed by atoms with Gasteiger partial charge in [0.2, 0.25) is 5.79 Å². The van der Waals surface area contributed by atoms with Gasteiger partial charge in [0.25, 0.3) is 11.7 Å². The van der Waals surface area contributed by atoms with E-state index in [2.05, 4.69) is 0 Å². The van der Waals surface area contributed by atoms with Crippen LogP contribution in [0.2, 0.25) is 0 Å². The number of ether oxygens (including phenoxy) is 5. The highest BCUT2D eigenvalue weighted by Gasteiger charge is 2.53. The molecular formula is C52H80INO13. The zero-order chi connectivity index (χ0) is 49.6.